The monoisotopic (exact) mass is 611 g/mol. The molecule has 0 amide bonds. The molecule has 0 aliphatic rings. The fourth-order valence-corrected chi connectivity index (χ4v) is 5.98. The van der Waals surface area contributed by atoms with Crippen LogP contribution in [0.2, 0.25) is 0 Å². The quantitative estimate of drug-likeness (QED) is 0.162. The number of anilines is 3. The lowest BCUT2D eigenvalue weighted by molar-refractivity contribution is 0.590. The Morgan fingerprint density at radius 3 is 1.11 bits per heavy atom. The molecule has 234 valence electrons. The topological polar surface area (TPSA) is 3.24 Å². The maximum atomic E-state index is 2.35. The van der Waals surface area contributed by atoms with Crippen molar-refractivity contribution in [3.8, 4) is 11.1 Å². The van der Waals surface area contributed by atoms with E-state index in [0.717, 1.165) is 17.1 Å². The van der Waals surface area contributed by atoms with Gasteiger partial charge in [0.1, 0.15) is 0 Å². The SMILES string of the molecule is CC(C)(C)c1ccc(N(c2ccc(-c3ccc(C=C(c4ccccc4)c4ccccc4)cc3)cc2)c2ccc(C(C)(C)C)cc2)cc1. The second-order valence-electron chi connectivity index (χ2n) is 14.4. The average Bonchev–Trinajstić information content (AvgIpc) is 3.08. The molecule has 0 N–H and O–H groups in total. The lowest BCUT2D eigenvalue weighted by Gasteiger charge is -2.28. The van der Waals surface area contributed by atoms with E-state index in [1.165, 1.54) is 44.5 Å². The Bertz CT molecular complexity index is 1820. The lowest BCUT2D eigenvalue weighted by Crippen LogP contribution is -2.14. The highest BCUT2D eigenvalue weighted by Gasteiger charge is 2.18. The summed E-state index contributed by atoms with van der Waals surface area (Å²) in [6.45, 7) is 13.6. The molecule has 0 aromatic heterocycles. The van der Waals surface area contributed by atoms with E-state index in [4.69, 9.17) is 0 Å². The van der Waals surface area contributed by atoms with Crippen molar-refractivity contribution in [2.24, 2.45) is 0 Å². The molecule has 6 aromatic carbocycles. The maximum absolute atomic E-state index is 2.35. The Kier molecular flexibility index (Phi) is 9.01. The van der Waals surface area contributed by atoms with Crippen molar-refractivity contribution in [1.29, 1.82) is 0 Å². The summed E-state index contributed by atoms with van der Waals surface area (Å²) in [7, 11) is 0. The number of hydrogen-bond acceptors (Lipinski definition) is 1. The molecule has 0 saturated heterocycles. The van der Waals surface area contributed by atoms with Crippen LogP contribution in [0.4, 0.5) is 17.1 Å². The van der Waals surface area contributed by atoms with E-state index < -0.39 is 0 Å². The molecule has 1 nitrogen and oxygen atoms in total. The molecule has 6 rings (SSSR count). The summed E-state index contributed by atoms with van der Waals surface area (Å²) in [6, 6.07) is 57.1. The molecule has 0 fully saturated rings. The zero-order valence-electron chi connectivity index (χ0n) is 28.5. The van der Waals surface area contributed by atoms with E-state index in [2.05, 4.69) is 210 Å². The molecule has 0 atom stereocenters. The Morgan fingerprint density at radius 2 is 0.745 bits per heavy atom. The van der Waals surface area contributed by atoms with Gasteiger partial charge in [0, 0.05) is 17.1 Å². The van der Waals surface area contributed by atoms with Crippen LogP contribution in [0.3, 0.4) is 0 Å². The van der Waals surface area contributed by atoms with Gasteiger partial charge in [-0.1, -0.05) is 163 Å². The first-order valence-corrected chi connectivity index (χ1v) is 16.6. The van der Waals surface area contributed by atoms with Crippen LogP contribution in [-0.2, 0) is 10.8 Å². The van der Waals surface area contributed by atoms with E-state index in [1.54, 1.807) is 0 Å². The molecule has 47 heavy (non-hydrogen) atoms. The largest absolute Gasteiger partial charge is 0.311 e. The van der Waals surface area contributed by atoms with Gasteiger partial charge in [0.25, 0.3) is 0 Å². The van der Waals surface area contributed by atoms with Gasteiger partial charge in [0.15, 0.2) is 0 Å². The van der Waals surface area contributed by atoms with Gasteiger partial charge in [-0.15, -0.1) is 0 Å². The van der Waals surface area contributed by atoms with Crippen LogP contribution in [0, 0.1) is 0 Å². The third-order valence-corrected chi connectivity index (χ3v) is 8.83. The Morgan fingerprint density at radius 1 is 0.404 bits per heavy atom. The van der Waals surface area contributed by atoms with Gasteiger partial charge < -0.3 is 4.90 Å². The minimum Gasteiger partial charge on any atom is -0.311 e. The molecular weight excluding hydrogens is 567 g/mol. The molecule has 0 radical (unpaired) electrons. The number of benzene rings is 6. The molecule has 0 aliphatic carbocycles. The minimum absolute atomic E-state index is 0.107. The molecule has 0 bridgehead atoms. The van der Waals surface area contributed by atoms with E-state index in [0.29, 0.717) is 0 Å². The smallest absolute Gasteiger partial charge is 0.0462 e. The van der Waals surface area contributed by atoms with E-state index in [9.17, 15) is 0 Å². The molecule has 0 saturated carbocycles. The predicted octanol–water partition coefficient (Wildman–Crippen LogP) is 13.0. The van der Waals surface area contributed by atoms with Gasteiger partial charge in [-0.2, -0.15) is 0 Å². The minimum atomic E-state index is 0.107. The average molecular weight is 612 g/mol. The molecule has 6 aromatic rings. The summed E-state index contributed by atoms with van der Waals surface area (Å²) in [5.74, 6) is 0. The molecule has 0 spiro atoms. The lowest BCUT2D eigenvalue weighted by atomic mass is 9.86. The van der Waals surface area contributed by atoms with Crippen LogP contribution in [-0.4, -0.2) is 0 Å². The number of hydrogen-bond donors (Lipinski definition) is 0. The van der Waals surface area contributed by atoms with Crippen molar-refractivity contribution in [3.05, 3.63) is 186 Å². The second kappa shape index (κ2) is 13.3. The maximum Gasteiger partial charge on any atom is 0.0462 e. The predicted molar refractivity (Wildman–Crippen MR) is 204 cm³/mol. The van der Waals surface area contributed by atoms with Gasteiger partial charge >= 0.3 is 0 Å². The molecule has 0 heterocycles. The highest BCUT2D eigenvalue weighted by molar-refractivity contribution is 5.91. The molecular formula is C46H45N. The van der Waals surface area contributed by atoms with Gasteiger partial charge in [-0.25, -0.2) is 0 Å². The van der Waals surface area contributed by atoms with Crippen LogP contribution in [0.5, 0.6) is 0 Å². The zero-order chi connectivity index (χ0) is 33.0. The first-order chi connectivity index (χ1) is 22.6. The van der Waals surface area contributed by atoms with Gasteiger partial charge in [-0.05, 0) is 97.8 Å². The Balaban J connectivity index is 1.31. The standard InChI is InChI=1S/C46H45N/c1-45(2,3)39-23-29-42(30-24-39)47(43-31-25-40(26-32-43)46(4,5)6)41-27-21-36(22-28-41)35-19-17-34(18-20-35)33-44(37-13-9-7-10-14-37)38-15-11-8-12-16-38/h7-33H,1-6H3. The third kappa shape index (κ3) is 7.47. The number of rotatable bonds is 7. The first kappa shape index (κ1) is 31.8. The summed E-state index contributed by atoms with van der Waals surface area (Å²) in [5.41, 5.74) is 13.5. The zero-order valence-corrected chi connectivity index (χ0v) is 28.5. The fraction of sp³-hybridized carbons (Fsp3) is 0.174. The molecule has 1 heteroatoms. The van der Waals surface area contributed by atoms with Crippen molar-refractivity contribution in [2.45, 2.75) is 52.4 Å². The van der Waals surface area contributed by atoms with Crippen molar-refractivity contribution >= 4 is 28.7 Å². The van der Waals surface area contributed by atoms with Gasteiger partial charge in [0.05, 0.1) is 0 Å². The Labute approximate surface area is 281 Å². The van der Waals surface area contributed by atoms with Crippen LogP contribution in [0.15, 0.2) is 158 Å². The third-order valence-electron chi connectivity index (χ3n) is 8.83. The van der Waals surface area contributed by atoms with Gasteiger partial charge in [0.2, 0.25) is 0 Å². The summed E-state index contributed by atoms with van der Waals surface area (Å²) in [4.78, 5) is 2.35. The Hall–Kier alpha value is -5.14. The second-order valence-corrected chi connectivity index (χ2v) is 14.4. The molecule has 0 unspecified atom stereocenters. The van der Waals surface area contributed by atoms with Crippen molar-refractivity contribution in [3.63, 3.8) is 0 Å². The van der Waals surface area contributed by atoms with E-state index in [-0.39, 0.29) is 10.8 Å². The highest BCUT2D eigenvalue weighted by Crippen LogP contribution is 2.38. The van der Waals surface area contributed by atoms with Crippen LogP contribution in [0.25, 0.3) is 22.8 Å². The fourth-order valence-electron chi connectivity index (χ4n) is 5.98. The van der Waals surface area contributed by atoms with Crippen molar-refractivity contribution < 1.29 is 0 Å². The summed E-state index contributed by atoms with van der Waals surface area (Å²) in [5, 5.41) is 0. The number of nitrogens with zero attached hydrogens (tertiary/aromatic N) is 1. The van der Waals surface area contributed by atoms with Crippen molar-refractivity contribution in [2.75, 3.05) is 4.90 Å². The highest BCUT2D eigenvalue weighted by atomic mass is 15.1. The summed E-state index contributed by atoms with van der Waals surface area (Å²) < 4.78 is 0. The van der Waals surface area contributed by atoms with Crippen LogP contribution in [0.1, 0.15) is 69.4 Å². The van der Waals surface area contributed by atoms with Gasteiger partial charge in [-0.3, -0.25) is 0 Å². The normalized spacial score (nSPS) is 11.6. The summed E-state index contributed by atoms with van der Waals surface area (Å²) in [6.07, 6.45) is 2.28. The molecule has 0 aliphatic heterocycles. The van der Waals surface area contributed by atoms with E-state index in [1.807, 2.05) is 0 Å². The van der Waals surface area contributed by atoms with Crippen LogP contribution >= 0.6 is 0 Å². The summed E-state index contributed by atoms with van der Waals surface area (Å²) >= 11 is 0. The van der Waals surface area contributed by atoms with Crippen molar-refractivity contribution in [1.82, 2.24) is 0 Å². The first-order valence-electron chi connectivity index (χ1n) is 16.6. The van der Waals surface area contributed by atoms with Crippen LogP contribution < -0.4 is 4.90 Å². The van der Waals surface area contributed by atoms with E-state index >= 15 is 0 Å².